The van der Waals surface area contributed by atoms with E-state index in [1.807, 2.05) is 32.9 Å². The van der Waals surface area contributed by atoms with Crippen LogP contribution in [0.1, 0.15) is 32.9 Å². The fourth-order valence-electron chi connectivity index (χ4n) is 1.44. The van der Waals surface area contributed by atoms with Crippen LogP contribution in [0.25, 0.3) is 0 Å². The average molecular weight is 286 g/mol. The molecule has 0 fully saturated rings. The van der Waals surface area contributed by atoms with Crippen LogP contribution < -0.4 is 0 Å². The van der Waals surface area contributed by atoms with Crippen molar-refractivity contribution in [1.29, 1.82) is 0 Å². The smallest absolute Gasteiger partial charge is 0.306 e. The average Bonchev–Trinajstić information content (AvgIpc) is 2.17. The number of nitrogens with zero attached hydrogens (tertiary/aromatic N) is 1. The van der Waals surface area contributed by atoms with Gasteiger partial charge in [0, 0.05) is 21.8 Å². The van der Waals surface area contributed by atoms with Gasteiger partial charge >= 0.3 is 5.97 Å². The van der Waals surface area contributed by atoms with Gasteiger partial charge in [0.1, 0.15) is 0 Å². The zero-order chi connectivity index (χ0) is 12.2. The highest BCUT2D eigenvalue weighted by Crippen LogP contribution is 2.27. The summed E-state index contributed by atoms with van der Waals surface area (Å²) in [7, 11) is 0. The van der Waals surface area contributed by atoms with Gasteiger partial charge in [-0.3, -0.25) is 9.78 Å². The van der Waals surface area contributed by atoms with Crippen molar-refractivity contribution < 1.29 is 9.53 Å². The van der Waals surface area contributed by atoms with E-state index in [0.29, 0.717) is 13.0 Å². The van der Waals surface area contributed by atoms with E-state index in [2.05, 4.69) is 20.9 Å². The van der Waals surface area contributed by atoms with E-state index in [1.54, 1.807) is 6.20 Å². The molecular formula is C12H16BrNO2. The highest BCUT2D eigenvalue weighted by Gasteiger charge is 2.26. The molecule has 1 rings (SSSR count). The van der Waals surface area contributed by atoms with Crippen LogP contribution in [-0.2, 0) is 14.9 Å². The van der Waals surface area contributed by atoms with Gasteiger partial charge < -0.3 is 4.74 Å². The predicted octanol–water partition coefficient (Wildman–Crippen LogP) is 3.07. The Kier molecular flexibility index (Phi) is 4.47. The summed E-state index contributed by atoms with van der Waals surface area (Å²) >= 11 is 3.40. The molecule has 88 valence electrons. The van der Waals surface area contributed by atoms with Crippen LogP contribution in [0, 0.1) is 0 Å². The molecule has 1 aromatic rings. The molecule has 3 nitrogen and oxygen atoms in total. The zero-order valence-corrected chi connectivity index (χ0v) is 11.4. The predicted molar refractivity (Wildman–Crippen MR) is 66.2 cm³/mol. The van der Waals surface area contributed by atoms with Crippen LogP contribution in [0.15, 0.2) is 22.8 Å². The number of carbonyl (C=O) groups excluding carboxylic acids is 1. The van der Waals surface area contributed by atoms with E-state index in [-0.39, 0.29) is 11.4 Å². The lowest BCUT2D eigenvalue weighted by molar-refractivity contribution is -0.144. The summed E-state index contributed by atoms with van der Waals surface area (Å²) in [5.41, 5.74) is 0.575. The van der Waals surface area contributed by atoms with Crippen molar-refractivity contribution >= 4 is 21.9 Å². The minimum absolute atomic E-state index is 0.186. The minimum Gasteiger partial charge on any atom is -0.466 e. The topological polar surface area (TPSA) is 39.2 Å². The minimum atomic E-state index is -0.309. The summed E-state index contributed by atoms with van der Waals surface area (Å²) in [4.78, 5) is 15.7. The molecule has 0 N–H and O–H groups in total. The number of esters is 1. The van der Waals surface area contributed by atoms with Gasteiger partial charge in [0.15, 0.2) is 0 Å². The molecule has 0 aliphatic rings. The second-order valence-corrected chi connectivity index (χ2v) is 5.14. The third kappa shape index (κ3) is 3.59. The molecule has 0 aliphatic heterocycles. The van der Waals surface area contributed by atoms with Crippen molar-refractivity contribution in [3.05, 3.63) is 28.5 Å². The molecule has 0 atom stereocenters. The monoisotopic (exact) mass is 285 g/mol. The first-order chi connectivity index (χ1) is 7.45. The second kappa shape index (κ2) is 5.43. The molecule has 0 aliphatic carbocycles. The molecule has 1 heterocycles. The van der Waals surface area contributed by atoms with Crippen molar-refractivity contribution in [2.24, 2.45) is 0 Å². The van der Waals surface area contributed by atoms with Crippen molar-refractivity contribution in [2.45, 2.75) is 32.6 Å². The van der Waals surface area contributed by atoms with Crippen LogP contribution in [0.3, 0.4) is 0 Å². The SMILES string of the molecule is CCOC(=O)CC(C)(C)c1cc(Br)ccn1. The molecule has 0 unspecified atom stereocenters. The van der Waals surface area contributed by atoms with Crippen LogP contribution in [0.2, 0.25) is 0 Å². The Bertz CT molecular complexity index is 377. The van der Waals surface area contributed by atoms with E-state index in [1.165, 1.54) is 0 Å². The molecule has 16 heavy (non-hydrogen) atoms. The standard InChI is InChI=1S/C12H16BrNO2/c1-4-16-11(15)8-12(2,3)10-7-9(13)5-6-14-10/h5-7H,4,8H2,1-3H3. The molecule has 0 spiro atoms. The summed E-state index contributed by atoms with van der Waals surface area (Å²) in [6.07, 6.45) is 2.07. The van der Waals surface area contributed by atoms with Gasteiger partial charge in [-0.2, -0.15) is 0 Å². The van der Waals surface area contributed by atoms with Gasteiger partial charge in [-0.1, -0.05) is 29.8 Å². The lowest BCUT2D eigenvalue weighted by Crippen LogP contribution is -2.24. The van der Waals surface area contributed by atoms with Crippen molar-refractivity contribution in [1.82, 2.24) is 4.98 Å². The maximum absolute atomic E-state index is 11.5. The van der Waals surface area contributed by atoms with E-state index in [4.69, 9.17) is 4.74 Å². The Labute approximate surface area is 104 Å². The van der Waals surface area contributed by atoms with Gasteiger partial charge in [0.2, 0.25) is 0 Å². The maximum Gasteiger partial charge on any atom is 0.306 e. The van der Waals surface area contributed by atoms with Gasteiger partial charge in [0.05, 0.1) is 13.0 Å². The number of halogens is 1. The van der Waals surface area contributed by atoms with Crippen LogP contribution in [-0.4, -0.2) is 17.6 Å². The van der Waals surface area contributed by atoms with Crippen LogP contribution >= 0.6 is 15.9 Å². The number of pyridine rings is 1. The normalized spacial score (nSPS) is 11.2. The van der Waals surface area contributed by atoms with Gasteiger partial charge in [-0.05, 0) is 19.1 Å². The largest absolute Gasteiger partial charge is 0.466 e. The highest BCUT2D eigenvalue weighted by atomic mass is 79.9. The number of hydrogen-bond acceptors (Lipinski definition) is 3. The summed E-state index contributed by atoms with van der Waals surface area (Å²) in [6.45, 7) is 6.19. The number of aromatic nitrogens is 1. The molecule has 0 saturated heterocycles. The molecule has 0 bridgehead atoms. The Morgan fingerprint density at radius 1 is 1.56 bits per heavy atom. The first kappa shape index (κ1) is 13.2. The van der Waals surface area contributed by atoms with E-state index >= 15 is 0 Å². The number of hydrogen-bond donors (Lipinski definition) is 0. The Morgan fingerprint density at radius 2 is 2.25 bits per heavy atom. The van der Waals surface area contributed by atoms with E-state index in [0.717, 1.165) is 10.2 Å². The summed E-state index contributed by atoms with van der Waals surface area (Å²) in [6, 6.07) is 3.79. The molecule has 0 amide bonds. The number of ether oxygens (including phenoxy) is 1. The lowest BCUT2D eigenvalue weighted by atomic mass is 9.85. The van der Waals surface area contributed by atoms with E-state index in [9.17, 15) is 4.79 Å². The number of rotatable bonds is 4. The second-order valence-electron chi connectivity index (χ2n) is 4.22. The third-order valence-electron chi connectivity index (χ3n) is 2.31. The van der Waals surface area contributed by atoms with E-state index < -0.39 is 0 Å². The van der Waals surface area contributed by atoms with Crippen LogP contribution in [0.4, 0.5) is 0 Å². The number of carbonyl (C=O) groups is 1. The van der Waals surface area contributed by atoms with Gasteiger partial charge in [-0.25, -0.2) is 0 Å². The quantitative estimate of drug-likeness (QED) is 0.798. The Morgan fingerprint density at radius 3 is 2.81 bits per heavy atom. The van der Waals surface area contributed by atoms with Crippen molar-refractivity contribution in [3.63, 3.8) is 0 Å². The third-order valence-corrected chi connectivity index (χ3v) is 2.80. The summed E-state index contributed by atoms with van der Waals surface area (Å²) in [5, 5.41) is 0. The Balaban J connectivity index is 2.81. The van der Waals surface area contributed by atoms with Crippen LogP contribution in [0.5, 0.6) is 0 Å². The van der Waals surface area contributed by atoms with Gasteiger partial charge in [-0.15, -0.1) is 0 Å². The lowest BCUT2D eigenvalue weighted by Gasteiger charge is -2.22. The fourth-order valence-corrected chi connectivity index (χ4v) is 1.77. The maximum atomic E-state index is 11.5. The molecular weight excluding hydrogens is 270 g/mol. The molecule has 1 aromatic heterocycles. The van der Waals surface area contributed by atoms with Gasteiger partial charge in [0.25, 0.3) is 0 Å². The molecule has 0 radical (unpaired) electrons. The van der Waals surface area contributed by atoms with Crippen molar-refractivity contribution in [2.75, 3.05) is 6.61 Å². The first-order valence-electron chi connectivity index (χ1n) is 5.23. The van der Waals surface area contributed by atoms with Crippen molar-refractivity contribution in [3.8, 4) is 0 Å². The summed E-state index contributed by atoms with van der Waals surface area (Å²) in [5.74, 6) is -0.186. The molecule has 4 heteroatoms. The molecule has 0 saturated carbocycles. The first-order valence-corrected chi connectivity index (χ1v) is 6.02. The highest BCUT2D eigenvalue weighted by molar-refractivity contribution is 9.10. The Hall–Kier alpha value is -0.900. The summed E-state index contributed by atoms with van der Waals surface area (Å²) < 4.78 is 5.92. The fraction of sp³-hybridized carbons (Fsp3) is 0.500. The molecule has 0 aromatic carbocycles. The zero-order valence-electron chi connectivity index (χ0n) is 9.79.